The summed E-state index contributed by atoms with van der Waals surface area (Å²) in [5, 5.41) is 13.4. The molecule has 4 rings (SSSR count). The molecule has 1 aliphatic heterocycles. The van der Waals surface area contributed by atoms with Crippen LogP contribution in [0, 0.1) is 0 Å². The molecule has 22 heavy (non-hydrogen) atoms. The first kappa shape index (κ1) is 13.7. The quantitative estimate of drug-likeness (QED) is 0.806. The summed E-state index contributed by atoms with van der Waals surface area (Å²) in [7, 11) is 0. The lowest BCUT2D eigenvalue weighted by Crippen LogP contribution is -2.62. The first-order valence-corrected chi connectivity index (χ1v) is 8.34. The van der Waals surface area contributed by atoms with E-state index in [1.54, 1.807) is 11.3 Å². The van der Waals surface area contributed by atoms with E-state index in [0.29, 0.717) is 13.1 Å². The van der Waals surface area contributed by atoms with Crippen molar-refractivity contribution in [3.63, 3.8) is 0 Å². The highest BCUT2D eigenvalue weighted by Crippen LogP contribution is 2.35. The van der Waals surface area contributed by atoms with Crippen molar-refractivity contribution in [2.75, 3.05) is 18.0 Å². The van der Waals surface area contributed by atoms with Crippen molar-refractivity contribution in [2.45, 2.75) is 18.9 Å². The summed E-state index contributed by atoms with van der Waals surface area (Å²) < 4.78 is 0. The molecule has 0 radical (unpaired) electrons. The number of β-amino-alcohol motifs (C(OH)–C–C–N with tert-alkyl or cyclic N) is 1. The van der Waals surface area contributed by atoms with Gasteiger partial charge in [-0.05, 0) is 30.0 Å². The van der Waals surface area contributed by atoms with Crippen LogP contribution in [0.3, 0.4) is 0 Å². The van der Waals surface area contributed by atoms with Crippen molar-refractivity contribution in [1.29, 1.82) is 0 Å². The number of para-hydroxylation sites is 1. The minimum atomic E-state index is -0.574. The van der Waals surface area contributed by atoms with Crippen LogP contribution in [0.25, 0.3) is 21.6 Å². The average molecular weight is 311 g/mol. The van der Waals surface area contributed by atoms with Gasteiger partial charge in [0.15, 0.2) is 5.82 Å². The highest BCUT2D eigenvalue weighted by atomic mass is 32.1. The Morgan fingerprint density at radius 3 is 2.73 bits per heavy atom. The molecule has 1 N–H and O–H groups in total. The van der Waals surface area contributed by atoms with Crippen LogP contribution >= 0.6 is 11.3 Å². The van der Waals surface area contributed by atoms with Crippen molar-refractivity contribution >= 4 is 28.1 Å². The van der Waals surface area contributed by atoms with E-state index in [0.717, 1.165) is 33.8 Å². The number of fused-ring (bicyclic) bond motifs is 1. The second-order valence-corrected chi connectivity index (χ2v) is 6.75. The Morgan fingerprint density at radius 2 is 2.00 bits per heavy atom. The summed E-state index contributed by atoms with van der Waals surface area (Å²) in [6, 6.07) is 12.1. The van der Waals surface area contributed by atoms with E-state index in [2.05, 4.69) is 9.88 Å². The van der Waals surface area contributed by atoms with Gasteiger partial charge in [-0.3, -0.25) is 0 Å². The maximum Gasteiger partial charge on any atom is 0.172 e. The van der Waals surface area contributed by atoms with Gasteiger partial charge in [0.25, 0.3) is 0 Å². The molecule has 0 aliphatic carbocycles. The summed E-state index contributed by atoms with van der Waals surface area (Å²) in [4.78, 5) is 12.7. The molecule has 4 nitrogen and oxygen atoms in total. The van der Waals surface area contributed by atoms with Gasteiger partial charge in [0.05, 0.1) is 16.0 Å². The minimum Gasteiger partial charge on any atom is -0.386 e. The fourth-order valence-corrected chi connectivity index (χ4v) is 3.51. The van der Waals surface area contributed by atoms with Crippen LogP contribution in [0.4, 0.5) is 5.82 Å². The van der Waals surface area contributed by atoms with E-state index in [9.17, 15) is 5.11 Å². The lowest BCUT2D eigenvalue weighted by molar-refractivity contribution is 0.00824. The molecule has 0 saturated carbocycles. The molecule has 1 fully saturated rings. The van der Waals surface area contributed by atoms with Crippen LogP contribution in [-0.2, 0) is 0 Å². The van der Waals surface area contributed by atoms with Crippen molar-refractivity contribution in [2.24, 2.45) is 0 Å². The number of hydrogen-bond acceptors (Lipinski definition) is 5. The van der Waals surface area contributed by atoms with Crippen molar-refractivity contribution < 1.29 is 5.11 Å². The number of nitrogens with zero attached hydrogens (tertiary/aromatic N) is 3. The van der Waals surface area contributed by atoms with E-state index in [-0.39, 0.29) is 0 Å². The number of hydrogen-bond donors (Lipinski definition) is 1. The van der Waals surface area contributed by atoms with Gasteiger partial charge in [0, 0.05) is 18.5 Å². The summed E-state index contributed by atoms with van der Waals surface area (Å²) in [6.07, 6.45) is 0.768. The predicted molar refractivity (Wildman–Crippen MR) is 90.3 cm³/mol. The number of rotatable bonds is 3. The summed E-state index contributed by atoms with van der Waals surface area (Å²) in [5.41, 5.74) is 0.373. The normalized spacial score (nSPS) is 16.7. The molecule has 0 spiro atoms. The van der Waals surface area contributed by atoms with E-state index in [1.807, 2.05) is 48.7 Å². The standard InChI is InChI=1S/C17H17N3OS/c1-2-17(21)10-20(11-17)16-12-6-3-4-7-13(12)18-15(19-16)14-8-5-9-22-14/h3-9,21H,2,10-11H2,1H3. The Labute approximate surface area is 133 Å². The zero-order valence-corrected chi connectivity index (χ0v) is 13.2. The van der Waals surface area contributed by atoms with E-state index < -0.39 is 5.60 Å². The molecule has 0 atom stereocenters. The first-order chi connectivity index (χ1) is 10.7. The van der Waals surface area contributed by atoms with Gasteiger partial charge in [-0.15, -0.1) is 11.3 Å². The fourth-order valence-electron chi connectivity index (χ4n) is 2.85. The Hall–Kier alpha value is -1.98. The molecular formula is C17H17N3OS. The molecule has 0 unspecified atom stereocenters. The summed E-state index contributed by atoms with van der Waals surface area (Å²) >= 11 is 1.64. The lowest BCUT2D eigenvalue weighted by Gasteiger charge is -2.47. The number of aliphatic hydroxyl groups is 1. The number of benzene rings is 1. The van der Waals surface area contributed by atoms with Crippen LogP contribution < -0.4 is 4.90 Å². The van der Waals surface area contributed by atoms with Gasteiger partial charge in [-0.2, -0.15) is 0 Å². The maximum absolute atomic E-state index is 10.3. The number of thiophene rings is 1. The van der Waals surface area contributed by atoms with Crippen LogP contribution in [0.5, 0.6) is 0 Å². The fraction of sp³-hybridized carbons (Fsp3) is 0.294. The average Bonchev–Trinajstić information content (AvgIpc) is 3.05. The molecule has 0 amide bonds. The van der Waals surface area contributed by atoms with Gasteiger partial charge in [0.2, 0.25) is 0 Å². The molecule has 112 valence electrons. The first-order valence-electron chi connectivity index (χ1n) is 7.46. The molecule has 1 aromatic carbocycles. The highest BCUT2D eigenvalue weighted by molar-refractivity contribution is 7.13. The molecule has 1 aliphatic rings. The van der Waals surface area contributed by atoms with Crippen LogP contribution in [0.15, 0.2) is 41.8 Å². The zero-order chi connectivity index (χ0) is 15.2. The summed E-state index contributed by atoms with van der Waals surface area (Å²) in [6.45, 7) is 3.29. The molecule has 2 aromatic heterocycles. The number of aromatic nitrogens is 2. The van der Waals surface area contributed by atoms with E-state index >= 15 is 0 Å². The topological polar surface area (TPSA) is 49.2 Å². The Balaban J connectivity index is 1.82. The third-order valence-electron chi connectivity index (χ3n) is 4.25. The van der Waals surface area contributed by atoms with E-state index in [1.165, 1.54) is 0 Å². The molecule has 5 heteroatoms. The maximum atomic E-state index is 10.3. The predicted octanol–water partition coefficient (Wildman–Crippen LogP) is 3.32. The van der Waals surface area contributed by atoms with Crippen molar-refractivity contribution in [3.05, 3.63) is 41.8 Å². The molecule has 0 bridgehead atoms. The molecule has 3 aromatic rings. The smallest absolute Gasteiger partial charge is 0.172 e. The highest BCUT2D eigenvalue weighted by Gasteiger charge is 2.40. The molecule has 3 heterocycles. The van der Waals surface area contributed by atoms with Gasteiger partial charge >= 0.3 is 0 Å². The van der Waals surface area contributed by atoms with Crippen LogP contribution in [0.1, 0.15) is 13.3 Å². The monoisotopic (exact) mass is 311 g/mol. The Morgan fingerprint density at radius 1 is 1.18 bits per heavy atom. The molecular weight excluding hydrogens is 294 g/mol. The van der Waals surface area contributed by atoms with Gasteiger partial charge in [0.1, 0.15) is 5.82 Å². The van der Waals surface area contributed by atoms with Gasteiger partial charge in [-0.1, -0.05) is 25.1 Å². The van der Waals surface area contributed by atoms with E-state index in [4.69, 9.17) is 4.98 Å². The minimum absolute atomic E-state index is 0.574. The van der Waals surface area contributed by atoms with Gasteiger partial charge < -0.3 is 10.0 Å². The molecule has 1 saturated heterocycles. The van der Waals surface area contributed by atoms with Crippen molar-refractivity contribution in [1.82, 2.24) is 9.97 Å². The van der Waals surface area contributed by atoms with Crippen molar-refractivity contribution in [3.8, 4) is 10.7 Å². The zero-order valence-electron chi connectivity index (χ0n) is 12.4. The largest absolute Gasteiger partial charge is 0.386 e. The number of anilines is 1. The lowest BCUT2D eigenvalue weighted by atomic mass is 9.91. The second-order valence-electron chi connectivity index (χ2n) is 5.80. The SMILES string of the molecule is CCC1(O)CN(c2nc(-c3cccs3)nc3ccccc23)C1. The van der Waals surface area contributed by atoms with Crippen LogP contribution in [-0.4, -0.2) is 33.8 Å². The summed E-state index contributed by atoms with van der Waals surface area (Å²) in [5.74, 6) is 1.68. The second kappa shape index (κ2) is 5.04. The third-order valence-corrected chi connectivity index (χ3v) is 5.12. The Bertz CT molecular complexity index is 810. The third kappa shape index (κ3) is 2.17. The van der Waals surface area contributed by atoms with Gasteiger partial charge in [-0.25, -0.2) is 9.97 Å². The Kier molecular flexibility index (Phi) is 3.13. The van der Waals surface area contributed by atoms with Crippen LogP contribution in [0.2, 0.25) is 0 Å².